The summed E-state index contributed by atoms with van der Waals surface area (Å²) in [4.78, 5) is 35.7. The molecular weight excluding hydrogens is 474 g/mol. The average Bonchev–Trinajstić information content (AvgIpc) is 3.06. The summed E-state index contributed by atoms with van der Waals surface area (Å²) in [6, 6.07) is 12.7. The topological polar surface area (TPSA) is 136 Å². The molecule has 1 aromatic heterocycles. The van der Waals surface area contributed by atoms with Crippen molar-refractivity contribution in [1.29, 1.82) is 0 Å². The minimum Gasteiger partial charge on any atom is -0.478 e. The number of aliphatic carboxylic acids is 2. The minimum absolute atomic E-state index is 0.00700. The number of amides is 1. The molecule has 4 rings (SSSR count). The van der Waals surface area contributed by atoms with E-state index < -0.39 is 11.9 Å². The fraction of sp³-hybridized carbons (Fsp3) is 0.370. The zero-order chi connectivity index (χ0) is 26.9. The first-order valence-electron chi connectivity index (χ1n) is 12.0. The van der Waals surface area contributed by atoms with Gasteiger partial charge < -0.3 is 20.4 Å². The Morgan fingerprint density at radius 1 is 0.946 bits per heavy atom. The van der Waals surface area contributed by atoms with Gasteiger partial charge in [-0.3, -0.25) is 9.69 Å². The molecule has 1 amide bonds. The number of carbonyl (C=O) groups excluding carboxylic acids is 1. The first-order chi connectivity index (χ1) is 17.6. The molecule has 194 valence electrons. The van der Waals surface area contributed by atoms with Gasteiger partial charge in [0.2, 0.25) is 5.91 Å². The predicted octanol–water partition coefficient (Wildman–Crippen LogP) is 2.47. The Kier molecular flexibility index (Phi) is 9.35. The number of benzene rings is 1. The lowest BCUT2D eigenvalue weighted by Crippen LogP contribution is -2.52. The van der Waals surface area contributed by atoms with Crippen LogP contribution in [0.5, 0.6) is 0 Å². The van der Waals surface area contributed by atoms with E-state index in [1.54, 1.807) is 0 Å². The van der Waals surface area contributed by atoms with Gasteiger partial charge in [0, 0.05) is 54.5 Å². The normalized spacial score (nSPS) is 18.5. The second kappa shape index (κ2) is 12.6. The van der Waals surface area contributed by atoms with Crippen molar-refractivity contribution < 1.29 is 24.6 Å². The lowest BCUT2D eigenvalue weighted by molar-refractivity contribution is -0.134. The maximum Gasteiger partial charge on any atom is 0.328 e. The summed E-state index contributed by atoms with van der Waals surface area (Å²) in [6.45, 7) is 5.78. The number of likely N-dealkylation sites (N-methyl/N-ethyl adjacent to an activating group) is 1. The van der Waals surface area contributed by atoms with Crippen molar-refractivity contribution in [2.75, 3.05) is 30.4 Å². The summed E-state index contributed by atoms with van der Waals surface area (Å²) >= 11 is 0. The lowest BCUT2D eigenvalue weighted by Gasteiger charge is -2.39. The summed E-state index contributed by atoms with van der Waals surface area (Å²) in [7, 11) is 2.23. The summed E-state index contributed by atoms with van der Waals surface area (Å²) in [5, 5.41) is 27.2. The molecule has 2 bridgehead atoms. The molecule has 3 N–H and O–H groups in total. The van der Waals surface area contributed by atoms with Gasteiger partial charge in [-0.2, -0.15) is 0 Å². The van der Waals surface area contributed by atoms with E-state index in [4.69, 9.17) is 10.2 Å². The summed E-state index contributed by atoms with van der Waals surface area (Å²) < 4.78 is 0. The molecule has 2 fully saturated rings. The number of aromatic nitrogens is 2. The van der Waals surface area contributed by atoms with Gasteiger partial charge in [0.25, 0.3) is 0 Å². The van der Waals surface area contributed by atoms with Crippen molar-refractivity contribution >= 4 is 29.4 Å². The second-order valence-electron chi connectivity index (χ2n) is 9.21. The van der Waals surface area contributed by atoms with E-state index in [9.17, 15) is 14.4 Å². The SMILES string of the molecule is CC(C)C(=O)Nc1ccc(C#Cc2ccc(N3CC4CCC(C3)N4C)nn2)cc1.O=C(O)/C=C/C(=O)O. The van der Waals surface area contributed by atoms with Gasteiger partial charge in [-0.05, 0) is 62.2 Å². The number of rotatable bonds is 5. The number of fused-ring (bicyclic) bond motifs is 2. The Bertz CT molecular complexity index is 1170. The van der Waals surface area contributed by atoms with Crippen LogP contribution in [0.3, 0.4) is 0 Å². The Balaban J connectivity index is 0.000000414. The predicted molar refractivity (Wildman–Crippen MR) is 139 cm³/mol. The van der Waals surface area contributed by atoms with Crippen LogP contribution in [-0.4, -0.2) is 75.4 Å². The average molecular weight is 506 g/mol. The molecule has 1 aromatic carbocycles. The van der Waals surface area contributed by atoms with E-state index in [2.05, 4.69) is 44.2 Å². The fourth-order valence-corrected chi connectivity index (χ4v) is 4.06. The second-order valence-corrected chi connectivity index (χ2v) is 9.21. The van der Waals surface area contributed by atoms with E-state index in [0.717, 1.165) is 30.2 Å². The number of hydrogen-bond donors (Lipinski definition) is 3. The van der Waals surface area contributed by atoms with Gasteiger partial charge >= 0.3 is 11.9 Å². The van der Waals surface area contributed by atoms with Crippen LogP contribution in [0, 0.1) is 17.8 Å². The zero-order valence-electron chi connectivity index (χ0n) is 21.1. The smallest absolute Gasteiger partial charge is 0.328 e. The zero-order valence-corrected chi connectivity index (χ0v) is 21.1. The molecule has 2 aliphatic rings. The molecule has 2 unspecified atom stereocenters. The maximum atomic E-state index is 11.7. The quantitative estimate of drug-likeness (QED) is 0.413. The van der Waals surface area contributed by atoms with Gasteiger partial charge in [-0.15, -0.1) is 10.2 Å². The standard InChI is InChI=1S/C23H27N5O.C4H4O4/c1-16(2)23(29)24-18-7-4-17(5-8-18)6-9-19-10-13-22(26-25-19)28-14-20-11-12-21(15-28)27(20)3;5-3(6)1-2-4(7)8/h4-5,7-8,10,13,16,20-21H,11-12,14-15H2,1-3H3,(H,24,29);1-2H,(H,5,6)(H,7,8)/b;2-1+. The van der Waals surface area contributed by atoms with Crippen LogP contribution in [0.25, 0.3) is 0 Å². The molecule has 2 saturated heterocycles. The molecule has 0 aliphatic carbocycles. The number of hydrogen-bond acceptors (Lipinski definition) is 7. The largest absolute Gasteiger partial charge is 0.478 e. The molecule has 0 radical (unpaired) electrons. The van der Waals surface area contributed by atoms with Crippen LogP contribution < -0.4 is 10.2 Å². The summed E-state index contributed by atoms with van der Waals surface area (Å²) in [5.41, 5.74) is 2.30. The molecule has 2 atom stereocenters. The molecule has 37 heavy (non-hydrogen) atoms. The minimum atomic E-state index is -1.26. The van der Waals surface area contributed by atoms with E-state index in [-0.39, 0.29) is 11.8 Å². The van der Waals surface area contributed by atoms with Gasteiger partial charge in [-0.25, -0.2) is 9.59 Å². The molecule has 3 heterocycles. The number of carbonyl (C=O) groups is 3. The molecule has 2 aromatic rings. The van der Waals surface area contributed by atoms with Crippen LogP contribution in [0.15, 0.2) is 48.6 Å². The molecule has 0 saturated carbocycles. The van der Waals surface area contributed by atoms with Crippen LogP contribution in [0.1, 0.15) is 37.9 Å². The molecule has 2 aliphatic heterocycles. The van der Waals surface area contributed by atoms with Gasteiger partial charge in [0.05, 0.1) is 0 Å². The van der Waals surface area contributed by atoms with Gasteiger partial charge in [0.1, 0.15) is 5.69 Å². The van der Waals surface area contributed by atoms with Crippen molar-refractivity contribution in [2.24, 2.45) is 5.92 Å². The number of nitrogens with one attached hydrogen (secondary N) is 1. The third kappa shape index (κ3) is 8.15. The van der Waals surface area contributed by atoms with Crippen molar-refractivity contribution in [1.82, 2.24) is 15.1 Å². The van der Waals surface area contributed by atoms with Crippen molar-refractivity contribution in [3.8, 4) is 11.8 Å². The van der Waals surface area contributed by atoms with Crippen molar-refractivity contribution in [2.45, 2.75) is 38.8 Å². The Morgan fingerprint density at radius 2 is 1.54 bits per heavy atom. The van der Waals surface area contributed by atoms with E-state index in [1.165, 1.54) is 12.8 Å². The number of piperazine rings is 1. The monoisotopic (exact) mass is 505 g/mol. The van der Waals surface area contributed by atoms with Gasteiger partial charge in [0.15, 0.2) is 5.82 Å². The maximum absolute atomic E-state index is 11.7. The van der Waals surface area contributed by atoms with Gasteiger partial charge in [-0.1, -0.05) is 19.8 Å². The fourth-order valence-electron chi connectivity index (χ4n) is 4.06. The third-order valence-corrected chi connectivity index (χ3v) is 6.20. The molecule has 0 spiro atoms. The summed E-state index contributed by atoms with van der Waals surface area (Å²) in [5.74, 6) is 4.56. The Hall–Kier alpha value is -4.23. The highest BCUT2D eigenvalue weighted by atomic mass is 16.4. The number of carboxylic acids is 2. The Labute approximate surface area is 216 Å². The lowest BCUT2D eigenvalue weighted by atomic mass is 10.1. The molecule has 10 nitrogen and oxygen atoms in total. The number of carboxylic acid groups (broad SMARTS) is 2. The highest BCUT2D eigenvalue weighted by Gasteiger charge is 2.37. The van der Waals surface area contributed by atoms with Crippen LogP contribution in [-0.2, 0) is 14.4 Å². The van der Waals surface area contributed by atoms with E-state index >= 15 is 0 Å². The van der Waals surface area contributed by atoms with Crippen LogP contribution in [0.4, 0.5) is 11.5 Å². The first-order valence-corrected chi connectivity index (χ1v) is 12.0. The third-order valence-electron chi connectivity index (χ3n) is 6.20. The summed E-state index contributed by atoms with van der Waals surface area (Å²) in [6.07, 6.45) is 3.66. The number of anilines is 2. The molecule has 10 heteroatoms. The highest BCUT2D eigenvalue weighted by Crippen LogP contribution is 2.30. The molecular formula is C27H31N5O5. The van der Waals surface area contributed by atoms with Crippen molar-refractivity contribution in [3.05, 3.63) is 59.8 Å². The van der Waals surface area contributed by atoms with Crippen molar-refractivity contribution in [3.63, 3.8) is 0 Å². The van der Waals surface area contributed by atoms with E-state index in [1.807, 2.05) is 50.2 Å². The van der Waals surface area contributed by atoms with Crippen LogP contribution >= 0.6 is 0 Å². The highest BCUT2D eigenvalue weighted by molar-refractivity contribution is 5.92. The van der Waals surface area contributed by atoms with Crippen LogP contribution in [0.2, 0.25) is 0 Å². The Morgan fingerprint density at radius 3 is 2.03 bits per heavy atom. The first kappa shape index (κ1) is 27.4. The number of nitrogens with zero attached hydrogens (tertiary/aromatic N) is 4. The van der Waals surface area contributed by atoms with E-state index in [0.29, 0.717) is 29.9 Å².